The lowest BCUT2D eigenvalue weighted by Crippen LogP contribution is -2.61. The number of anilines is 1. The standard InChI is InChI=1S/C23H34N2O3/c1-15-5-6-20-22(3,10-7-21-23(20,4)14-27-16(2)28-21)17(15)9-12-26-19-8-11-25-13-18(19)24/h8,11,13,16-17,20-21H,1,5-7,9-10,12,14,24H2,2-4H3/t16-,17-,20?,21-,22+,23+/m1/s1. The van der Waals surface area contributed by atoms with Crippen molar-refractivity contribution in [1.29, 1.82) is 0 Å². The zero-order valence-corrected chi connectivity index (χ0v) is 17.4. The van der Waals surface area contributed by atoms with Crippen LogP contribution in [0, 0.1) is 22.7 Å². The molecule has 6 atom stereocenters. The van der Waals surface area contributed by atoms with Gasteiger partial charge in [-0.25, -0.2) is 0 Å². The Morgan fingerprint density at radius 3 is 2.93 bits per heavy atom. The third-order valence-corrected chi connectivity index (χ3v) is 7.77. The van der Waals surface area contributed by atoms with Crippen molar-refractivity contribution in [2.24, 2.45) is 22.7 Å². The first-order chi connectivity index (χ1) is 13.3. The number of ether oxygens (including phenoxy) is 3. The van der Waals surface area contributed by atoms with Crippen molar-refractivity contribution in [3.8, 4) is 5.75 Å². The zero-order chi connectivity index (χ0) is 19.9. The Hall–Kier alpha value is -1.59. The molecule has 0 aromatic carbocycles. The molecule has 2 N–H and O–H groups in total. The summed E-state index contributed by atoms with van der Waals surface area (Å²) < 4.78 is 18.2. The van der Waals surface area contributed by atoms with E-state index in [4.69, 9.17) is 19.9 Å². The Bertz CT molecular complexity index is 738. The van der Waals surface area contributed by atoms with Gasteiger partial charge in [0.05, 0.1) is 31.2 Å². The topological polar surface area (TPSA) is 66.6 Å². The van der Waals surface area contributed by atoms with Crippen LogP contribution in [0.1, 0.15) is 52.9 Å². The van der Waals surface area contributed by atoms with Crippen molar-refractivity contribution in [1.82, 2.24) is 4.98 Å². The molecule has 0 spiro atoms. The number of nitrogens with zero attached hydrogens (tertiary/aromatic N) is 1. The van der Waals surface area contributed by atoms with Gasteiger partial charge in [0.15, 0.2) is 6.29 Å². The van der Waals surface area contributed by atoms with Gasteiger partial charge in [0.1, 0.15) is 5.75 Å². The maximum absolute atomic E-state index is 6.21. The van der Waals surface area contributed by atoms with Crippen LogP contribution in [-0.2, 0) is 9.47 Å². The number of hydrogen-bond acceptors (Lipinski definition) is 5. The molecule has 0 radical (unpaired) electrons. The van der Waals surface area contributed by atoms with Crippen LogP contribution < -0.4 is 10.5 Å². The van der Waals surface area contributed by atoms with Gasteiger partial charge in [0, 0.05) is 17.7 Å². The molecular weight excluding hydrogens is 352 g/mol. The summed E-state index contributed by atoms with van der Waals surface area (Å²) in [6, 6.07) is 1.83. The highest BCUT2D eigenvalue weighted by Crippen LogP contribution is 2.63. The number of allylic oxidation sites excluding steroid dienone is 1. The molecule has 1 saturated heterocycles. The van der Waals surface area contributed by atoms with Crippen molar-refractivity contribution in [2.45, 2.75) is 65.3 Å². The first kappa shape index (κ1) is 19.7. The Kier molecular flexibility index (Phi) is 5.17. The molecule has 5 heteroatoms. The van der Waals surface area contributed by atoms with Gasteiger partial charge in [-0.15, -0.1) is 0 Å². The zero-order valence-electron chi connectivity index (χ0n) is 17.4. The van der Waals surface area contributed by atoms with Gasteiger partial charge >= 0.3 is 0 Å². The molecule has 1 aromatic heterocycles. The van der Waals surface area contributed by atoms with Crippen LogP contribution in [0.2, 0.25) is 0 Å². The quantitative estimate of drug-likeness (QED) is 0.767. The maximum atomic E-state index is 6.21. The van der Waals surface area contributed by atoms with Crippen LogP contribution in [-0.4, -0.2) is 30.6 Å². The molecule has 2 heterocycles. The summed E-state index contributed by atoms with van der Waals surface area (Å²) in [5.74, 6) is 1.75. The fraction of sp³-hybridized carbons (Fsp3) is 0.696. The van der Waals surface area contributed by atoms with Gasteiger partial charge < -0.3 is 19.9 Å². The Labute approximate surface area is 168 Å². The average Bonchev–Trinajstić information content (AvgIpc) is 2.66. The minimum atomic E-state index is -0.0870. The fourth-order valence-corrected chi connectivity index (χ4v) is 6.30. The molecule has 4 rings (SSSR count). The van der Waals surface area contributed by atoms with E-state index < -0.39 is 0 Å². The van der Waals surface area contributed by atoms with Crippen molar-refractivity contribution < 1.29 is 14.2 Å². The first-order valence-electron chi connectivity index (χ1n) is 10.6. The third kappa shape index (κ3) is 3.22. The van der Waals surface area contributed by atoms with Gasteiger partial charge in [-0.05, 0) is 56.3 Å². The van der Waals surface area contributed by atoms with E-state index >= 15 is 0 Å². The van der Waals surface area contributed by atoms with Gasteiger partial charge in [-0.1, -0.05) is 26.0 Å². The van der Waals surface area contributed by atoms with E-state index in [0.717, 1.165) is 31.6 Å². The van der Waals surface area contributed by atoms with E-state index in [1.54, 1.807) is 12.4 Å². The molecule has 3 aliphatic rings. The van der Waals surface area contributed by atoms with Crippen molar-refractivity contribution >= 4 is 5.69 Å². The SMILES string of the molecule is C=C1CCC2[C@]3(C)CO[C@@H](C)O[C@@H]3CC[C@@]2(C)[C@@H]1CCOc1ccncc1N. The van der Waals surface area contributed by atoms with Crippen LogP contribution in [0.3, 0.4) is 0 Å². The Balaban J connectivity index is 1.50. The molecule has 1 aromatic rings. The van der Waals surface area contributed by atoms with Crippen molar-refractivity contribution in [3.05, 3.63) is 30.6 Å². The minimum absolute atomic E-state index is 0.0782. The highest BCUT2D eigenvalue weighted by atomic mass is 16.7. The van der Waals surface area contributed by atoms with E-state index in [1.807, 2.05) is 13.0 Å². The summed E-state index contributed by atoms with van der Waals surface area (Å²) in [5.41, 5.74) is 8.22. The van der Waals surface area contributed by atoms with Crippen molar-refractivity contribution in [2.75, 3.05) is 18.9 Å². The molecular formula is C23H34N2O3. The third-order valence-electron chi connectivity index (χ3n) is 7.77. The van der Waals surface area contributed by atoms with Crippen molar-refractivity contribution in [3.63, 3.8) is 0 Å². The lowest BCUT2D eigenvalue weighted by Gasteiger charge is -2.62. The van der Waals surface area contributed by atoms with E-state index in [2.05, 4.69) is 25.4 Å². The monoisotopic (exact) mass is 386 g/mol. The summed E-state index contributed by atoms with van der Waals surface area (Å²) in [7, 11) is 0. The van der Waals surface area contributed by atoms with Crippen LogP contribution in [0.4, 0.5) is 5.69 Å². The van der Waals surface area contributed by atoms with Gasteiger partial charge in [-0.2, -0.15) is 0 Å². The molecule has 154 valence electrons. The lowest BCUT2D eigenvalue weighted by atomic mass is 9.46. The number of rotatable bonds is 4. The first-order valence-corrected chi connectivity index (χ1v) is 10.6. The number of nitrogens with two attached hydrogens (primary N) is 1. The summed E-state index contributed by atoms with van der Waals surface area (Å²) in [4.78, 5) is 4.03. The molecule has 0 bridgehead atoms. The second kappa shape index (κ2) is 7.34. The molecule has 3 fully saturated rings. The smallest absolute Gasteiger partial charge is 0.155 e. The van der Waals surface area contributed by atoms with E-state index in [1.165, 1.54) is 18.4 Å². The molecule has 1 unspecified atom stereocenters. The van der Waals surface area contributed by atoms with Crippen LogP contribution in [0.25, 0.3) is 0 Å². The normalized spacial score (nSPS) is 40.5. The van der Waals surface area contributed by atoms with Gasteiger partial charge in [0.25, 0.3) is 0 Å². The number of hydrogen-bond donors (Lipinski definition) is 1. The van der Waals surface area contributed by atoms with E-state index in [-0.39, 0.29) is 17.1 Å². The van der Waals surface area contributed by atoms with E-state index in [9.17, 15) is 0 Å². The van der Waals surface area contributed by atoms with Crippen LogP contribution >= 0.6 is 0 Å². The number of nitrogen functional groups attached to an aromatic ring is 1. The highest BCUT2D eigenvalue weighted by molar-refractivity contribution is 5.49. The summed E-state index contributed by atoms with van der Waals surface area (Å²) >= 11 is 0. The fourth-order valence-electron chi connectivity index (χ4n) is 6.30. The molecule has 2 aliphatic carbocycles. The highest BCUT2D eigenvalue weighted by Gasteiger charge is 2.59. The molecule has 1 aliphatic heterocycles. The minimum Gasteiger partial charge on any atom is -0.491 e. The predicted molar refractivity (Wildman–Crippen MR) is 110 cm³/mol. The molecule has 2 saturated carbocycles. The number of pyridine rings is 1. The Morgan fingerprint density at radius 1 is 1.32 bits per heavy atom. The van der Waals surface area contributed by atoms with E-state index in [0.29, 0.717) is 30.2 Å². The van der Waals surface area contributed by atoms with Crippen LogP contribution in [0.5, 0.6) is 5.75 Å². The molecule has 5 nitrogen and oxygen atoms in total. The second-order valence-electron chi connectivity index (χ2n) is 9.41. The average molecular weight is 387 g/mol. The molecule has 0 amide bonds. The van der Waals surface area contributed by atoms with Gasteiger partial charge in [-0.3, -0.25) is 4.98 Å². The lowest BCUT2D eigenvalue weighted by molar-refractivity contribution is -0.297. The molecule has 28 heavy (non-hydrogen) atoms. The summed E-state index contributed by atoms with van der Waals surface area (Å²) in [6.45, 7) is 12.8. The predicted octanol–water partition coefficient (Wildman–Crippen LogP) is 4.58. The maximum Gasteiger partial charge on any atom is 0.155 e. The second-order valence-corrected chi connectivity index (χ2v) is 9.41. The Morgan fingerprint density at radius 2 is 2.14 bits per heavy atom. The summed E-state index contributed by atoms with van der Waals surface area (Å²) in [6.07, 6.45) is 9.06. The number of aromatic nitrogens is 1. The summed E-state index contributed by atoms with van der Waals surface area (Å²) in [5, 5.41) is 0. The van der Waals surface area contributed by atoms with Crippen LogP contribution in [0.15, 0.2) is 30.6 Å². The largest absolute Gasteiger partial charge is 0.491 e. The number of fused-ring (bicyclic) bond motifs is 3. The van der Waals surface area contributed by atoms with Gasteiger partial charge in [0.2, 0.25) is 0 Å².